The first-order valence-electron chi connectivity index (χ1n) is 10.3. The van der Waals surface area contributed by atoms with Crippen molar-refractivity contribution in [1.29, 1.82) is 0 Å². The second-order valence-electron chi connectivity index (χ2n) is 7.48. The first kappa shape index (κ1) is 23.2. The number of Topliss-reactive ketones (excluding diaryl/α,β-unsaturated/α-hetero) is 1. The normalized spacial score (nSPS) is 17.1. The summed E-state index contributed by atoms with van der Waals surface area (Å²) >= 11 is 5.98. The lowest BCUT2D eigenvalue weighted by atomic mass is 9.94. The molecule has 1 aliphatic rings. The molecule has 0 saturated carbocycles. The molecule has 0 aromatic heterocycles. The molecular formula is C26H22ClNO6. The quantitative estimate of drug-likeness (QED) is 0.304. The van der Waals surface area contributed by atoms with E-state index in [-0.39, 0.29) is 11.3 Å². The average Bonchev–Trinajstić information content (AvgIpc) is 3.13. The van der Waals surface area contributed by atoms with Gasteiger partial charge in [0.2, 0.25) is 0 Å². The van der Waals surface area contributed by atoms with Crippen LogP contribution >= 0.6 is 11.6 Å². The highest BCUT2D eigenvalue weighted by Crippen LogP contribution is 2.45. The number of carbonyl (C=O) groups excluding carboxylic acids is 2. The number of anilines is 1. The van der Waals surface area contributed by atoms with E-state index in [0.29, 0.717) is 39.1 Å². The third kappa shape index (κ3) is 4.06. The minimum Gasteiger partial charge on any atom is -0.507 e. The Hall–Kier alpha value is -3.97. The van der Waals surface area contributed by atoms with Crippen molar-refractivity contribution in [2.45, 2.75) is 6.04 Å². The van der Waals surface area contributed by atoms with Gasteiger partial charge >= 0.3 is 0 Å². The number of carbonyl (C=O) groups is 2. The summed E-state index contributed by atoms with van der Waals surface area (Å²) in [6, 6.07) is 17.2. The Kier molecular flexibility index (Phi) is 6.47. The van der Waals surface area contributed by atoms with Crippen molar-refractivity contribution in [3.63, 3.8) is 0 Å². The number of nitrogens with zero attached hydrogens (tertiary/aromatic N) is 1. The molecule has 4 rings (SSSR count). The Morgan fingerprint density at radius 3 is 2.06 bits per heavy atom. The Balaban J connectivity index is 1.96. The number of rotatable bonds is 6. The Morgan fingerprint density at radius 1 is 0.853 bits per heavy atom. The molecule has 1 N–H and O–H groups in total. The Bertz CT molecular complexity index is 1270. The number of methoxy groups -OCH3 is 3. The van der Waals surface area contributed by atoms with Crippen LogP contribution in [0.5, 0.6) is 17.2 Å². The van der Waals surface area contributed by atoms with Gasteiger partial charge in [-0.25, -0.2) is 0 Å². The fraction of sp³-hybridized carbons (Fsp3) is 0.154. The van der Waals surface area contributed by atoms with Crippen molar-refractivity contribution in [3.8, 4) is 17.2 Å². The largest absolute Gasteiger partial charge is 0.507 e. The van der Waals surface area contributed by atoms with E-state index in [1.54, 1.807) is 66.7 Å². The molecule has 7 nitrogen and oxygen atoms in total. The van der Waals surface area contributed by atoms with Crippen LogP contribution < -0.4 is 19.1 Å². The SMILES string of the molecule is COc1ccc(N2C(=O)C(=O)/C(=C(\O)c3ccc(Cl)cc3)C2c2ccc(OC)cc2OC)cc1. The summed E-state index contributed by atoms with van der Waals surface area (Å²) in [6.45, 7) is 0. The lowest BCUT2D eigenvalue weighted by molar-refractivity contribution is -0.132. The summed E-state index contributed by atoms with van der Waals surface area (Å²) in [5.74, 6) is -0.366. The predicted molar refractivity (Wildman–Crippen MR) is 129 cm³/mol. The lowest BCUT2D eigenvalue weighted by Crippen LogP contribution is -2.29. The van der Waals surface area contributed by atoms with E-state index in [1.807, 2.05) is 0 Å². The monoisotopic (exact) mass is 479 g/mol. The predicted octanol–water partition coefficient (Wildman–Crippen LogP) is 4.99. The van der Waals surface area contributed by atoms with Gasteiger partial charge in [0.15, 0.2) is 0 Å². The van der Waals surface area contributed by atoms with E-state index in [9.17, 15) is 14.7 Å². The molecule has 0 spiro atoms. The highest BCUT2D eigenvalue weighted by molar-refractivity contribution is 6.51. The molecule has 1 saturated heterocycles. The van der Waals surface area contributed by atoms with E-state index >= 15 is 0 Å². The van der Waals surface area contributed by atoms with Crippen LogP contribution in [0.3, 0.4) is 0 Å². The number of aliphatic hydroxyl groups is 1. The molecular weight excluding hydrogens is 458 g/mol. The molecule has 1 unspecified atom stereocenters. The van der Waals surface area contributed by atoms with Gasteiger partial charge in [-0.1, -0.05) is 11.6 Å². The minimum atomic E-state index is -0.954. The summed E-state index contributed by atoms with van der Waals surface area (Å²) in [6.07, 6.45) is 0. The first-order valence-corrected chi connectivity index (χ1v) is 10.7. The third-order valence-corrected chi connectivity index (χ3v) is 5.90. The van der Waals surface area contributed by atoms with Gasteiger partial charge in [0.25, 0.3) is 11.7 Å². The molecule has 1 aliphatic heterocycles. The molecule has 1 amide bonds. The van der Waals surface area contributed by atoms with E-state index < -0.39 is 17.7 Å². The van der Waals surface area contributed by atoms with Gasteiger partial charge in [-0.3, -0.25) is 14.5 Å². The topological polar surface area (TPSA) is 85.3 Å². The van der Waals surface area contributed by atoms with E-state index in [1.165, 1.54) is 26.2 Å². The van der Waals surface area contributed by atoms with Crippen LogP contribution in [0.2, 0.25) is 5.02 Å². The number of benzene rings is 3. The minimum absolute atomic E-state index is 0.0633. The standard InChI is InChI=1S/C26H22ClNO6/c1-32-18-10-8-17(9-11-18)28-23(20-13-12-19(33-2)14-21(20)34-3)22(25(30)26(28)31)24(29)15-4-6-16(27)7-5-15/h4-14,23,29H,1-3H3/b24-22-. The van der Waals surface area contributed by atoms with Crippen molar-refractivity contribution < 1.29 is 28.9 Å². The van der Waals surface area contributed by atoms with Crippen LogP contribution in [0.25, 0.3) is 5.76 Å². The molecule has 3 aromatic carbocycles. The summed E-state index contributed by atoms with van der Waals surface area (Å²) in [4.78, 5) is 27.9. The van der Waals surface area contributed by atoms with Gasteiger partial charge < -0.3 is 19.3 Å². The Labute approximate surface area is 201 Å². The van der Waals surface area contributed by atoms with Gasteiger partial charge in [0.1, 0.15) is 23.0 Å². The van der Waals surface area contributed by atoms with Crippen molar-refractivity contribution in [3.05, 3.63) is 88.5 Å². The van der Waals surface area contributed by atoms with Gasteiger partial charge in [-0.2, -0.15) is 0 Å². The fourth-order valence-electron chi connectivity index (χ4n) is 3.94. The highest BCUT2D eigenvalue weighted by atomic mass is 35.5. The average molecular weight is 480 g/mol. The van der Waals surface area contributed by atoms with Crippen LogP contribution in [0.4, 0.5) is 5.69 Å². The number of hydrogen-bond donors (Lipinski definition) is 1. The third-order valence-electron chi connectivity index (χ3n) is 5.65. The number of halogens is 1. The maximum absolute atomic E-state index is 13.3. The summed E-state index contributed by atoms with van der Waals surface area (Å²) < 4.78 is 16.1. The number of hydrogen-bond acceptors (Lipinski definition) is 6. The van der Waals surface area contributed by atoms with Crippen LogP contribution in [-0.4, -0.2) is 38.1 Å². The first-order chi connectivity index (χ1) is 16.4. The summed E-state index contributed by atoms with van der Waals surface area (Å²) in [5, 5.41) is 11.7. The van der Waals surface area contributed by atoms with Crippen molar-refractivity contribution >= 4 is 34.7 Å². The molecule has 1 fully saturated rings. The van der Waals surface area contributed by atoms with Gasteiger partial charge in [-0.05, 0) is 60.7 Å². The van der Waals surface area contributed by atoms with E-state index in [2.05, 4.69) is 0 Å². The van der Waals surface area contributed by atoms with Gasteiger partial charge in [0, 0.05) is 27.9 Å². The van der Waals surface area contributed by atoms with Gasteiger partial charge in [-0.15, -0.1) is 0 Å². The highest BCUT2D eigenvalue weighted by Gasteiger charge is 2.48. The molecule has 1 atom stereocenters. The van der Waals surface area contributed by atoms with Gasteiger partial charge in [0.05, 0.1) is 32.9 Å². The van der Waals surface area contributed by atoms with Crippen molar-refractivity contribution in [2.24, 2.45) is 0 Å². The van der Waals surface area contributed by atoms with Crippen molar-refractivity contribution in [1.82, 2.24) is 0 Å². The van der Waals surface area contributed by atoms with Crippen LogP contribution in [-0.2, 0) is 9.59 Å². The Morgan fingerprint density at radius 2 is 1.47 bits per heavy atom. The zero-order valence-electron chi connectivity index (χ0n) is 18.7. The molecule has 8 heteroatoms. The summed E-state index contributed by atoms with van der Waals surface area (Å²) in [5.41, 5.74) is 1.26. The number of ketones is 1. The molecule has 174 valence electrons. The second-order valence-corrected chi connectivity index (χ2v) is 7.92. The van der Waals surface area contributed by atoms with Crippen molar-refractivity contribution in [2.75, 3.05) is 26.2 Å². The van der Waals surface area contributed by atoms with E-state index in [0.717, 1.165) is 0 Å². The smallest absolute Gasteiger partial charge is 0.300 e. The number of aliphatic hydroxyl groups excluding tert-OH is 1. The zero-order valence-corrected chi connectivity index (χ0v) is 19.5. The number of ether oxygens (including phenoxy) is 3. The molecule has 3 aromatic rings. The second kappa shape index (κ2) is 9.49. The molecule has 1 heterocycles. The van der Waals surface area contributed by atoms with Crippen LogP contribution in [0, 0.1) is 0 Å². The summed E-state index contributed by atoms with van der Waals surface area (Å²) in [7, 11) is 4.55. The van der Waals surface area contributed by atoms with Crippen LogP contribution in [0.1, 0.15) is 17.2 Å². The molecule has 0 bridgehead atoms. The fourth-order valence-corrected chi connectivity index (χ4v) is 4.07. The van der Waals surface area contributed by atoms with Crippen LogP contribution in [0.15, 0.2) is 72.3 Å². The molecule has 34 heavy (non-hydrogen) atoms. The number of amides is 1. The van der Waals surface area contributed by atoms with E-state index in [4.69, 9.17) is 25.8 Å². The maximum atomic E-state index is 13.3. The molecule has 0 aliphatic carbocycles. The zero-order chi connectivity index (χ0) is 24.4. The maximum Gasteiger partial charge on any atom is 0.300 e. The lowest BCUT2D eigenvalue weighted by Gasteiger charge is -2.27. The molecule has 0 radical (unpaired) electrons.